The lowest BCUT2D eigenvalue weighted by atomic mass is 9.99. The first-order valence-electron chi connectivity index (χ1n) is 8.15. The van der Waals surface area contributed by atoms with Gasteiger partial charge in [0.15, 0.2) is 0 Å². The predicted molar refractivity (Wildman–Crippen MR) is 92.4 cm³/mol. The highest BCUT2D eigenvalue weighted by molar-refractivity contribution is 7.17. The largest absolute Gasteiger partial charge is 0.365 e. The second kappa shape index (κ2) is 6.14. The maximum absolute atomic E-state index is 12.3. The van der Waals surface area contributed by atoms with Gasteiger partial charge in [0.05, 0.1) is 5.56 Å². The normalized spacial score (nSPS) is 22.1. The molecule has 1 aliphatic carbocycles. The fourth-order valence-electron chi connectivity index (χ4n) is 3.19. The van der Waals surface area contributed by atoms with Crippen LogP contribution in [-0.4, -0.2) is 40.7 Å². The highest BCUT2D eigenvalue weighted by atomic mass is 32.1. The monoisotopic (exact) mass is 364 g/mol. The van der Waals surface area contributed by atoms with Crippen LogP contribution in [0.3, 0.4) is 0 Å². The Morgan fingerprint density at radius 2 is 2.08 bits per heavy atom. The minimum Gasteiger partial charge on any atom is -0.365 e. The number of anilines is 1. The standard InChI is InChI=1S/C16H20N4O4S/c1-3-16(2)14(23)20(15(24)19-16)7-10(21)18-13-11(12(17)22)8-5-4-6-9(8)25-13/h3-7H2,1-2H3,(H2,17,22)(H,18,21)(H,19,24)/t16-/m0/s1. The Kier molecular flexibility index (Phi) is 4.28. The molecule has 1 aromatic heterocycles. The number of amides is 5. The van der Waals surface area contributed by atoms with Crippen LogP contribution in [0.4, 0.5) is 9.80 Å². The van der Waals surface area contributed by atoms with Gasteiger partial charge < -0.3 is 16.4 Å². The summed E-state index contributed by atoms with van der Waals surface area (Å²) < 4.78 is 0. The number of carbonyl (C=O) groups excluding carboxylic acids is 4. The molecule has 1 fully saturated rings. The summed E-state index contributed by atoms with van der Waals surface area (Å²) in [4.78, 5) is 50.3. The van der Waals surface area contributed by atoms with Crippen LogP contribution in [0, 0.1) is 0 Å². The Morgan fingerprint density at radius 3 is 2.68 bits per heavy atom. The van der Waals surface area contributed by atoms with Crippen molar-refractivity contribution in [1.82, 2.24) is 10.2 Å². The molecule has 1 saturated heterocycles. The Bertz CT molecular complexity index is 787. The summed E-state index contributed by atoms with van der Waals surface area (Å²) in [6, 6.07) is -0.590. The third-order valence-corrected chi connectivity index (χ3v) is 5.98. The zero-order chi connectivity index (χ0) is 18.4. The summed E-state index contributed by atoms with van der Waals surface area (Å²) in [6.45, 7) is 3.01. The van der Waals surface area contributed by atoms with Crippen LogP contribution in [-0.2, 0) is 22.4 Å². The first-order chi connectivity index (χ1) is 11.8. The van der Waals surface area contributed by atoms with E-state index in [9.17, 15) is 19.2 Å². The summed E-state index contributed by atoms with van der Waals surface area (Å²) >= 11 is 1.33. The lowest BCUT2D eigenvalue weighted by Gasteiger charge is -2.19. The molecule has 134 valence electrons. The van der Waals surface area contributed by atoms with Crippen molar-refractivity contribution < 1.29 is 19.2 Å². The highest BCUT2D eigenvalue weighted by Gasteiger charge is 2.47. The van der Waals surface area contributed by atoms with Gasteiger partial charge in [0.25, 0.3) is 11.8 Å². The first-order valence-corrected chi connectivity index (χ1v) is 8.96. The maximum atomic E-state index is 12.3. The molecule has 0 unspecified atom stereocenters. The molecule has 2 heterocycles. The topological polar surface area (TPSA) is 122 Å². The van der Waals surface area contributed by atoms with E-state index in [4.69, 9.17) is 5.73 Å². The van der Waals surface area contributed by atoms with E-state index in [1.54, 1.807) is 13.8 Å². The van der Waals surface area contributed by atoms with E-state index in [1.807, 2.05) is 0 Å². The number of aryl methyl sites for hydroxylation is 1. The molecular weight excluding hydrogens is 344 g/mol. The number of fused-ring (bicyclic) bond motifs is 1. The van der Waals surface area contributed by atoms with Gasteiger partial charge in [-0.2, -0.15) is 0 Å². The molecular formula is C16H20N4O4S. The van der Waals surface area contributed by atoms with Gasteiger partial charge in [0.2, 0.25) is 5.91 Å². The molecule has 0 saturated carbocycles. The van der Waals surface area contributed by atoms with Gasteiger partial charge in [-0.3, -0.25) is 19.3 Å². The quantitative estimate of drug-likeness (QED) is 0.675. The number of thiophene rings is 1. The number of carbonyl (C=O) groups is 4. The van der Waals surface area contributed by atoms with Crippen LogP contribution in [0.5, 0.6) is 0 Å². The maximum Gasteiger partial charge on any atom is 0.325 e. The molecule has 8 nitrogen and oxygen atoms in total. The third-order valence-electron chi connectivity index (χ3n) is 4.77. The van der Waals surface area contributed by atoms with E-state index in [1.165, 1.54) is 11.3 Å². The molecule has 1 aromatic rings. The van der Waals surface area contributed by atoms with Gasteiger partial charge >= 0.3 is 6.03 Å². The van der Waals surface area contributed by atoms with Crippen molar-refractivity contribution in [3.63, 3.8) is 0 Å². The SMILES string of the molecule is CC[C@]1(C)NC(=O)N(CC(=O)Nc2sc3c(c2C(N)=O)CCC3)C1=O. The number of primary amides is 1. The van der Waals surface area contributed by atoms with Crippen LogP contribution in [0.2, 0.25) is 0 Å². The fraction of sp³-hybridized carbons (Fsp3) is 0.500. The van der Waals surface area contributed by atoms with Crippen LogP contribution < -0.4 is 16.4 Å². The van der Waals surface area contributed by atoms with Crippen molar-refractivity contribution in [1.29, 1.82) is 0 Å². The van der Waals surface area contributed by atoms with E-state index < -0.39 is 35.8 Å². The van der Waals surface area contributed by atoms with Gasteiger partial charge in [0, 0.05) is 4.88 Å². The predicted octanol–water partition coefficient (Wildman–Crippen LogP) is 0.995. The van der Waals surface area contributed by atoms with Crippen molar-refractivity contribution in [3.05, 3.63) is 16.0 Å². The zero-order valence-electron chi connectivity index (χ0n) is 14.1. The lowest BCUT2D eigenvalue weighted by molar-refractivity contribution is -0.133. The highest BCUT2D eigenvalue weighted by Crippen LogP contribution is 2.38. The van der Waals surface area contributed by atoms with Crippen molar-refractivity contribution in [2.75, 3.05) is 11.9 Å². The number of nitrogens with zero attached hydrogens (tertiary/aromatic N) is 1. The van der Waals surface area contributed by atoms with Gasteiger partial charge in [-0.05, 0) is 38.2 Å². The number of nitrogens with one attached hydrogen (secondary N) is 2. The Hall–Kier alpha value is -2.42. The molecule has 1 aliphatic heterocycles. The molecule has 0 aromatic carbocycles. The average molecular weight is 364 g/mol. The summed E-state index contributed by atoms with van der Waals surface area (Å²) in [5, 5.41) is 5.63. The molecule has 2 aliphatic rings. The van der Waals surface area contributed by atoms with Crippen molar-refractivity contribution in [2.45, 2.75) is 45.1 Å². The number of hydrogen-bond acceptors (Lipinski definition) is 5. The number of urea groups is 1. The molecule has 1 atom stereocenters. The summed E-state index contributed by atoms with van der Waals surface area (Å²) in [6.07, 6.45) is 3.02. The third kappa shape index (κ3) is 2.88. The molecule has 0 bridgehead atoms. The number of nitrogens with two attached hydrogens (primary N) is 1. The Balaban J connectivity index is 1.75. The van der Waals surface area contributed by atoms with E-state index in [0.29, 0.717) is 17.0 Å². The first kappa shape index (κ1) is 17.4. The molecule has 25 heavy (non-hydrogen) atoms. The van der Waals surface area contributed by atoms with E-state index in [-0.39, 0.29) is 0 Å². The summed E-state index contributed by atoms with van der Waals surface area (Å²) in [5.41, 5.74) is 5.72. The van der Waals surface area contributed by atoms with Gasteiger partial charge in [-0.15, -0.1) is 11.3 Å². The van der Waals surface area contributed by atoms with Crippen LogP contribution in [0.1, 0.15) is 47.5 Å². The molecule has 0 radical (unpaired) electrons. The lowest BCUT2D eigenvalue weighted by Crippen LogP contribution is -2.44. The number of imide groups is 1. The van der Waals surface area contributed by atoms with E-state index >= 15 is 0 Å². The molecule has 0 spiro atoms. The Labute approximate surface area is 148 Å². The van der Waals surface area contributed by atoms with Crippen molar-refractivity contribution in [2.24, 2.45) is 5.73 Å². The van der Waals surface area contributed by atoms with Gasteiger partial charge in [-0.25, -0.2) is 4.79 Å². The van der Waals surface area contributed by atoms with Gasteiger partial charge in [-0.1, -0.05) is 6.92 Å². The van der Waals surface area contributed by atoms with Gasteiger partial charge in [0.1, 0.15) is 17.1 Å². The van der Waals surface area contributed by atoms with E-state index in [2.05, 4.69) is 10.6 Å². The van der Waals surface area contributed by atoms with Crippen molar-refractivity contribution in [3.8, 4) is 0 Å². The Morgan fingerprint density at radius 1 is 1.36 bits per heavy atom. The zero-order valence-corrected chi connectivity index (χ0v) is 14.9. The molecule has 4 N–H and O–H groups in total. The minimum absolute atomic E-state index is 0.349. The van der Waals surface area contributed by atoms with Crippen LogP contribution in [0.15, 0.2) is 0 Å². The second-order valence-corrected chi connectivity index (χ2v) is 7.59. The van der Waals surface area contributed by atoms with Crippen LogP contribution >= 0.6 is 11.3 Å². The molecule has 9 heteroatoms. The van der Waals surface area contributed by atoms with E-state index in [0.717, 1.165) is 34.6 Å². The molecule has 3 rings (SSSR count). The van der Waals surface area contributed by atoms with Crippen LogP contribution in [0.25, 0.3) is 0 Å². The second-order valence-electron chi connectivity index (χ2n) is 6.48. The summed E-state index contributed by atoms with van der Waals surface area (Å²) in [5.74, 6) is -1.55. The minimum atomic E-state index is -0.986. The van der Waals surface area contributed by atoms with Crippen molar-refractivity contribution >= 4 is 40.1 Å². The molecule has 5 amide bonds. The summed E-state index contributed by atoms with van der Waals surface area (Å²) in [7, 11) is 0. The number of rotatable bonds is 5. The fourth-order valence-corrected chi connectivity index (χ4v) is 4.50. The smallest absolute Gasteiger partial charge is 0.325 e. The number of hydrogen-bond donors (Lipinski definition) is 3. The average Bonchev–Trinajstić information content (AvgIpc) is 3.16.